The minimum absolute atomic E-state index is 0.00158. The molecule has 1 aromatic heterocycles. The van der Waals surface area contributed by atoms with E-state index in [-0.39, 0.29) is 11.1 Å². The average Bonchev–Trinajstić information content (AvgIpc) is 2.91. The molecular formula is C16H17ClN4O3. The van der Waals surface area contributed by atoms with Gasteiger partial charge in [-0.3, -0.25) is 10.2 Å². The van der Waals surface area contributed by atoms with E-state index in [1.165, 1.54) is 6.20 Å². The van der Waals surface area contributed by atoms with Crippen LogP contribution in [-0.2, 0) is 6.42 Å². The molecule has 1 aliphatic heterocycles. The number of halogens is 1. The molecule has 7 nitrogen and oxygen atoms in total. The Morgan fingerprint density at radius 2 is 2.42 bits per heavy atom. The summed E-state index contributed by atoms with van der Waals surface area (Å²) in [6.45, 7) is 4.50. The highest BCUT2D eigenvalue weighted by molar-refractivity contribution is 6.32. The molecule has 1 atom stereocenters. The quantitative estimate of drug-likeness (QED) is 0.640. The molecule has 0 radical (unpaired) electrons. The Bertz CT molecular complexity index is 835. The second-order valence-corrected chi connectivity index (χ2v) is 5.74. The van der Waals surface area contributed by atoms with Crippen molar-refractivity contribution in [3.05, 3.63) is 44.8 Å². The van der Waals surface area contributed by atoms with Crippen molar-refractivity contribution >= 4 is 23.5 Å². The summed E-state index contributed by atoms with van der Waals surface area (Å²) in [5.74, 6) is 1.57. The number of nitrogens with zero attached hydrogens (tertiary/aromatic N) is 2. The van der Waals surface area contributed by atoms with Gasteiger partial charge in [0.1, 0.15) is 28.3 Å². The number of aromatic amines is 1. The fourth-order valence-corrected chi connectivity index (χ4v) is 2.60. The highest BCUT2D eigenvalue weighted by atomic mass is 35.5. The van der Waals surface area contributed by atoms with Gasteiger partial charge < -0.3 is 9.47 Å². The van der Waals surface area contributed by atoms with Crippen molar-refractivity contribution in [2.75, 3.05) is 12.0 Å². The molecule has 0 unspecified atom stereocenters. The predicted molar refractivity (Wildman–Crippen MR) is 92.5 cm³/mol. The minimum atomic E-state index is -0.480. The molecule has 3 rings (SSSR count). The zero-order chi connectivity index (χ0) is 17.1. The van der Waals surface area contributed by atoms with Gasteiger partial charge in [0.25, 0.3) is 5.56 Å². The van der Waals surface area contributed by atoms with Gasteiger partial charge in [0.2, 0.25) is 0 Å². The van der Waals surface area contributed by atoms with Crippen molar-refractivity contribution in [1.82, 2.24) is 10.2 Å². The lowest BCUT2D eigenvalue weighted by molar-refractivity contribution is 0.254. The molecule has 0 bridgehead atoms. The summed E-state index contributed by atoms with van der Waals surface area (Å²) in [6, 6.07) is 3.87. The van der Waals surface area contributed by atoms with E-state index < -0.39 is 5.56 Å². The number of benzene rings is 1. The second kappa shape index (κ2) is 6.92. The lowest BCUT2D eigenvalue weighted by Gasteiger charge is -2.09. The highest BCUT2D eigenvalue weighted by Gasteiger charge is 2.21. The van der Waals surface area contributed by atoms with Crippen LogP contribution in [0.15, 0.2) is 28.2 Å². The van der Waals surface area contributed by atoms with E-state index in [0.717, 1.165) is 29.0 Å². The van der Waals surface area contributed by atoms with Crippen LogP contribution < -0.4 is 20.5 Å². The molecule has 0 saturated heterocycles. The number of hydrogen-bond acceptors (Lipinski definition) is 6. The lowest BCUT2D eigenvalue weighted by Crippen LogP contribution is -2.10. The molecule has 126 valence electrons. The third kappa shape index (κ3) is 3.35. The Morgan fingerprint density at radius 1 is 1.58 bits per heavy atom. The minimum Gasteiger partial charge on any atom is -0.493 e. The molecule has 0 spiro atoms. The van der Waals surface area contributed by atoms with Crippen LogP contribution >= 0.6 is 11.6 Å². The number of anilines is 1. The van der Waals surface area contributed by atoms with Crippen molar-refractivity contribution < 1.29 is 9.47 Å². The first-order valence-electron chi connectivity index (χ1n) is 7.57. The van der Waals surface area contributed by atoms with Gasteiger partial charge >= 0.3 is 0 Å². The van der Waals surface area contributed by atoms with Gasteiger partial charge in [-0.05, 0) is 26.0 Å². The monoisotopic (exact) mass is 348 g/mol. The largest absolute Gasteiger partial charge is 0.493 e. The van der Waals surface area contributed by atoms with Crippen molar-refractivity contribution in [3.63, 3.8) is 0 Å². The maximum Gasteiger partial charge on any atom is 0.285 e. The molecule has 2 heterocycles. The third-order valence-corrected chi connectivity index (χ3v) is 3.89. The molecule has 24 heavy (non-hydrogen) atoms. The van der Waals surface area contributed by atoms with Gasteiger partial charge in [-0.15, -0.1) is 0 Å². The van der Waals surface area contributed by atoms with Crippen molar-refractivity contribution in [2.24, 2.45) is 5.10 Å². The Kier molecular flexibility index (Phi) is 4.71. The van der Waals surface area contributed by atoms with Gasteiger partial charge in [-0.25, -0.2) is 5.10 Å². The predicted octanol–water partition coefficient (Wildman–Crippen LogP) is 2.59. The van der Waals surface area contributed by atoms with E-state index in [1.807, 2.05) is 26.0 Å². The number of aromatic nitrogens is 2. The smallest absolute Gasteiger partial charge is 0.285 e. The first-order chi connectivity index (χ1) is 11.6. The number of hydrogen-bond donors (Lipinski definition) is 2. The van der Waals surface area contributed by atoms with Gasteiger partial charge in [0.05, 0.1) is 19.0 Å². The zero-order valence-corrected chi connectivity index (χ0v) is 14.1. The second-order valence-electron chi connectivity index (χ2n) is 5.36. The van der Waals surface area contributed by atoms with E-state index in [1.54, 1.807) is 6.21 Å². The molecule has 1 aromatic carbocycles. The van der Waals surface area contributed by atoms with Crippen molar-refractivity contribution in [1.29, 1.82) is 0 Å². The van der Waals surface area contributed by atoms with Crippen LogP contribution in [0.4, 0.5) is 5.69 Å². The number of H-pyrrole nitrogens is 1. The van der Waals surface area contributed by atoms with Gasteiger partial charge in [0.15, 0.2) is 0 Å². The molecule has 0 amide bonds. The van der Waals surface area contributed by atoms with Gasteiger partial charge in [0, 0.05) is 17.5 Å². The SMILES string of the molecule is CCOc1cc2c(cc1/C=N\Nc1cn[nH]c(=O)c1Cl)O[C@@H](C)C2. The Balaban J connectivity index is 1.85. The van der Waals surface area contributed by atoms with Crippen LogP contribution in [0.1, 0.15) is 25.0 Å². The van der Waals surface area contributed by atoms with Crippen LogP contribution in [0.25, 0.3) is 0 Å². The summed E-state index contributed by atoms with van der Waals surface area (Å²) in [6.07, 6.45) is 3.99. The topological polar surface area (TPSA) is 88.6 Å². The van der Waals surface area contributed by atoms with Crippen LogP contribution in [-0.4, -0.2) is 29.1 Å². The number of nitrogens with one attached hydrogen (secondary N) is 2. The fraction of sp³-hybridized carbons (Fsp3) is 0.312. The number of hydrazone groups is 1. The van der Waals surface area contributed by atoms with Crippen LogP contribution in [0.5, 0.6) is 11.5 Å². The van der Waals surface area contributed by atoms with Crippen LogP contribution in [0, 0.1) is 0 Å². The molecule has 0 fully saturated rings. The Labute approximate surface area is 143 Å². The third-order valence-electron chi connectivity index (χ3n) is 3.51. The summed E-state index contributed by atoms with van der Waals surface area (Å²) < 4.78 is 11.4. The molecule has 0 saturated carbocycles. The van der Waals surface area contributed by atoms with Crippen LogP contribution in [0.2, 0.25) is 5.02 Å². The van der Waals surface area contributed by atoms with Crippen LogP contribution in [0.3, 0.4) is 0 Å². The zero-order valence-electron chi connectivity index (χ0n) is 13.3. The molecule has 2 N–H and O–H groups in total. The molecule has 0 aliphatic carbocycles. The first kappa shape index (κ1) is 16.3. The van der Waals surface area contributed by atoms with E-state index in [0.29, 0.717) is 12.3 Å². The number of fused-ring (bicyclic) bond motifs is 1. The Hall–Kier alpha value is -2.54. The maximum atomic E-state index is 11.4. The molecular weight excluding hydrogens is 332 g/mol. The fourth-order valence-electron chi connectivity index (χ4n) is 2.47. The summed E-state index contributed by atoms with van der Waals surface area (Å²) >= 11 is 5.88. The summed E-state index contributed by atoms with van der Waals surface area (Å²) in [7, 11) is 0. The first-order valence-corrected chi connectivity index (χ1v) is 7.95. The van der Waals surface area contributed by atoms with Crippen molar-refractivity contribution in [2.45, 2.75) is 26.4 Å². The number of rotatable bonds is 5. The van der Waals surface area contributed by atoms with Crippen molar-refractivity contribution in [3.8, 4) is 11.5 Å². The summed E-state index contributed by atoms with van der Waals surface area (Å²) in [5, 5.41) is 10.0. The molecule has 1 aliphatic rings. The summed E-state index contributed by atoms with van der Waals surface area (Å²) in [4.78, 5) is 11.4. The lowest BCUT2D eigenvalue weighted by atomic mass is 10.1. The van der Waals surface area contributed by atoms with E-state index in [2.05, 4.69) is 20.7 Å². The average molecular weight is 349 g/mol. The Morgan fingerprint density at radius 3 is 3.21 bits per heavy atom. The van der Waals surface area contributed by atoms with E-state index >= 15 is 0 Å². The normalized spacial score (nSPS) is 16.0. The molecule has 2 aromatic rings. The van der Waals surface area contributed by atoms with Gasteiger partial charge in [-0.1, -0.05) is 11.6 Å². The maximum absolute atomic E-state index is 11.4. The number of ether oxygens (including phenoxy) is 2. The standard InChI is InChI=1S/C16H17ClN4O3/c1-3-23-13-5-10-4-9(2)24-14(10)6-11(13)7-18-20-12-8-19-21-16(22)15(12)17/h5-9H,3-4H2,1-2H3,(H2,20,21,22)/b18-7-/t9-/m0/s1. The summed E-state index contributed by atoms with van der Waals surface area (Å²) in [5.41, 5.74) is 4.44. The molecule has 8 heteroatoms. The van der Waals surface area contributed by atoms with Gasteiger partial charge in [-0.2, -0.15) is 10.2 Å². The van der Waals surface area contributed by atoms with E-state index in [9.17, 15) is 4.79 Å². The van der Waals surface area contributed by atoms with E-state index in [4.69, 9.17) is 21.1 Å². The highest BCUT2D eigenvalue weighted by Crippen LogP contribution is 2.34.